The molecule has 0 heteroatoms. The van der Waals surface area contributed by atoms with E-state index in [9.17, 15) is 0 Å². The third-order valence-electron chi connectivity index (χ3n) is 3.74. The van der Waals surface area contributed by atoms with Crippen LogP contribution in [0.4, 0.5) is 0 Å². The topological polar surface area (TPSA) is 0 Å². The van der Waals surface area contributed by atoms with Gasteiger partial charge >= 0.3 is 0 Å². The maximum absolute atomic E-state index is 2.54. The molecule has 0 N–H and O–H groups in total. The third-order valence-corrected chi connectivity index (χ3v) is 3.74. The molecule has 0 aromatic carbocycles. The van der Waals surface area contributed by atoms with Gasteiger partial charge in [0.2, 0.25) is 0 Å². The van der Waals surface area contributed by atoms with Crippen LogP contribution in [0.15, 0.2) is 23.3 Å². The number of rotatable bonds is 1. The van der Waals surface area contributed by atoms with Gasteiger partial charge in [-0.3, -0.25) is 0 Å². The molecule has 15 heavy (non-hydrogen) atoms. The second kappa shape index (κ2) is 6.15. The van der Waals surface area contributed by atoms with Crippen molar-refractivity contribution < 1.29 is 0 Å². The van der Waals surface area contributed by atoms with Crippen molar-refractivity contribution in [3.8, 4) is 0 Å². The number of allylic oxidation sites excluding steroid dienone is 4. The first-order chi connectivity index (χ1) is 7.47. The molecular weight excluding hydrogens is 180 g/mol. The van der Waals surface area contributed by atoms with E-state index < -0.39 is 0 Å². The van der Waals surface area contributed by atoms with Crippen LogP contribution in [-0.2, 0) is 0 Å². The van der Waals surface area contributed by atoms with Crippen LogP contribution in [-0.4, -0.2) is 0 Å². The highest BCUT2D eigenvalue weighted by Crippen LogP contribution is 2.28. The Morgan fingerprint density at radius 1 is 0.533 bits per heavy atom. The molecule has 0 spiro atoms. The summed E-state index contributed by atoms with van der Waals surface area (Å²) in [6, 6.07) is 0. The van der Waals surface area contributed by atoms with Crippen LogP contribution in [0.1, 0.15) is 70.6 Å². The lowest BCUT2D eigenvalue weighted by atomic mass is 9.92. The molecule has 0 saturated heterocycles. The Kier molecular flexibility index (Phi) is 4.50. The van der Waals surface area contributed by atoms with Gasteiger partial charge in [-0.1, -0.05) is 31.4 Å². The summed E-state index contributed by atoms with van der Waals surface area (Å²) in [5.41, 5.74) is 3.41. The first kappa shape index (κ1) is 11.0. The molecule has 0 radical (unpaired) electrons. The van der Waals surface area contributed by atoms with Crippen LogP contribution in [0.25, 0.3) is 0 Å². The van der Waals surface area contributed by atoms with E-state index in [1.165, 1.54) is 70.6 Å². The van der Waals surface area contributed by atoms with Crippen molar-refractivity contribution in [2.24, 2.45) is 0 Å². The molecule has 0 atom stereocenters. The van der Waals surface area contributed by atoms with Crippen LogP contribution in [0.2, 0.25) is 0 Å². The van der Waals surface area contributed by atoms with E-state index in [1.807, 2.05) is 0 Å². The Morgan fingerprint density at radius 3 is 1.60 bits per heavy atom. The summed E-state index contributed by atoms with van der Waals surface area (Å²) in [5, 5.41) is 0. The zero-order valence-electron chi connectivity index (χ0n) is 9.93. The summed E-state index contributed by atoms with van der Waals surface area (Å²) in [5.74, 6) is 0. The van der Waals surface area contributed by atoms with E-state index in [4.69, 9.17) is 0 Å². The molecule has 2 aliphatic rings. The van der Waals surface area contributed by atoms with Crippen molar-refractivity contribution in [1.82, 2.24) is 0 Å². The van der Waals surface area contributed by atoms with E-state index >= 15 is 0 Å². The van der Waals surface area contributed by atoms with Gasteiger partial charge in [-0.25, -0.2) is 0 Å². The molecule has 0 fully saturated rings. The molecule has 0 saturated carbocycles. The molecule has 2 rings (SSSR count). The fraction of sp³-hybridized carbons (Fsp3) is 0.733. The zero-order chi connectivity index (χ0) is 10.3. The monoisotopic (exact) mass is 204 g/mol. The Bertz CT molecular complexity index is 245. The van der Waals surface area contributed by atoms with E-state index in [0.717, 1.165) is 0 Å². The van der Waals surface area contributed by atoms with Gasteiger partial charge in [0, 0.05) is 0 Å². The third kappa shape index (κ3) is 3.52. The maximum Gasteiger partial charge on any atom is -0.0279 e. The summed E-state index contributed by atoms with van der Waals surface area (Å²) in [6.07, 6.45) is 20.4. The lowest BCUT2D eigenvalue weighted by molar-refractivity contribution is 0.623. The highest BCUT2D eigenvalue weighted by atomic mass is 14.1. The Morgan fingerprint density at radius 2 is 1.00 bits per heavy atom. The van der Waals surface area contributed by atoms with Gasteiger partial charge < -0.3 is 0 Å². The van der Waals surface area contributed by atoms with Crippen molar-refractivity contribution in [2.45, 2.75) is 70.6 Å². The maximum atomic E-state index is 2.54. The largest absolute Gasteiger partial charge is 0.0811 e. The molecule has 0 aliphatic heterocycles. The first-order valence-electron chi connectivity index (χ1n) is 6.85. The van der Waals surface area contributed by atoms with Crippen molar-refractivity contribution in [3.63, 3.8) is 0 Å². The van der Waals surface area contributed by atoms with Crippen LogP contribution < -0.4 is 0 Å². The summed E-state index contributed by atoms with van der Waals surface area (Å²) >= 11 is 0. The highest BCUT2D eigenvalue weighted by molar-refractivity contribution is 5.31. The minimum absolute atomic E-state index is 1.33. The molecular formula is C15H24. The fourth-order valence-corrected chi connectivity index (χ4v) is 2.79. The second-order valence-corrected chi connectivity index (χ2v) is 5.01. The summed E-state index contributed by atoms with van der Waals surface area (Å²) in [4.78, 5) is 0. The fourth-order valence-electron chi connectivity index (χ4n) is 2.79. The lowest BCUT2D eigenvalue weighted by Crippen LogP contribution is -1.94. The average Bonchev–Trinajstić information content (AvgIpc) is 2.45. The van der Waals surface area contributed by atoms with Gasteiger partial charge in [0.25, 0.3) is 0 Å². The van der Waals surface area contributed by atoms with Gasteiger partial charge in [-0.05, 0) is 62.5 Å². The number of hydrogen-bond acceptors (Lipinski definition) is 0. The molecule has 2 aliphatic carbocycles. The van der Waals surface area contributed by atoms with Gasteiger partial charge in [-0.2, -0.15) is 0 Å². The molecule has 0 aromatic heterocycles. The van der Waals surface area contributed by atoms with E-state index in [1.54, 1.807) is 11.1 Å². The first-order valence-corrected chi connectivity index (χ1v) is 6.85. The van der Waals surface area contributed by atoms with E-state index in [2.05, 4.69) is 12.2 Å². The SMILES string of the molecule is C1=C(C2=CCCCCCC2)CCCCC1. The minimum atomic E-state index is 1.33. The average molecular weight is 204 g/mol. The molecule has 0 unspecified atom stereocenters. The van der Waals surface area contributed by atoms with Crippen LogP contribution in [0.5, 0.6) is 0 Å². The van der Waals surface area contributed by atoms with E-state index in [0.29, 0.717) is 0 Å². The van der Waals surface area contributed by atoms with Crippen molar-refractivity contribution in [3.05, 3.63) is 23.3 Å². The van der Waals surface area contributed by atoms with Crippen molar-refractivity contribution in [2.75, 3.05) is 0 Å². The zero-order valence-corrected chi connectivity index (χ0v) is 9.93. The Labute approximate surface area is 94.5 Å². The van der Waals surface area contributed by atoms with Crippen LogP contribution >= 0.6 is 0 Å². The number of hydrogen-bond donors (Lipinski definition) is 0. The Balaban J connectivity index is 2.02. The smallest absolute Gasteiger partial charge is 0.0279 e. The molecule has 0 nitrogen and oxygen atoms in total. The predicted octanol–water partition coefficient (Wildman–Crippen LogP) is 5.16. The molecule has 0 amide bonds. The summed E-state index contributed by atoms with van der Waals surface area (Å²) in [7, 11) is 0. The van der Waals surface area contributed by atoms with Crippen molar-refractivity contribution >= 4 is 0 Å². The lowest BCUT2D eigenvalue weighted by Gasteiger charge is -2.14. The van der Waals surface area contributed by atoms with Gasteiger partial charge in [0.05, 0.1) is 0 Å². The highest BCUT2D eigenvalue weighted by Gasteiger charge is 2.09. The predicted molar refractivity (Wildman–Crippen MR) is 67.0 cm³/mol. The molecule has 0 heterocycles. The Hall–Kier alpha value is -0.520. The summed E-state index contributed by atoms with van der Waals surface area (Å²) in [6.45, 7) is 0. The standard InChI is InChI=1S/C15H24/c1-2-6-10-14(11-7-3-1)15-12-8-4-5-9-13-15/h10,12H,1-9,11,13H2. The van der Waals surface area contributed by atoms with Crippen molar-refractivity contribution in [1.29, 1.82) is 0 Å². The quantitative estimate of drug-likeness (QED) is 0.553. The van der Waals surface area contributed by atoms with Gasteiger partial charge in [-0.15, -0.1) is 0 Å². The van der Waals surface area contributed by atoms with Gasteiger partial charge in [0.15, 0.2) is 0 Å². The molecule has 84 valence electrons. The summed E-state index contributed by atoms with van der Waals surface area (Å²) < 4.78 is 0. The van der Waals surface area contributed by atoms with E-state index in [-0.39, 0.29) is 0 Å². The normalized spacial score (nSPS) is 24.5. The van der Waals surface area contributed by atoms with Crippen LogP contribution in [0, 0.1) is 0 Å². The molecule has 0 bridgehead atoms. The van der Waals surface area contributed by atoms with Crippen LogP contribution in [0.3, 0.4) is 0 Å². The second-order valence-electron chi connectivity index (χ2n) is 5.01. The van der Waals surface area contributed by atoms with Gasteiger partial charge in [0.1, 0.15) is 0 Å². The molecule has 0 aromatic rings. The minimum Gasteiger partial charge on any atom is -0.0811 e.